The van der Waals surface area contributed by atoms with Gasteiger partial charge in [0.2, 0.25) is 8.32 Å². The Bertz CT molecular complexity index is 501. The molecule has 86 valence electrons. The molecule has 2 aromatic rings. The van der Waals surface area contributed by atoms with Gasteiger partial charge in [0.15, 0.2) is 0 Å². The minimum absolute atomic E-state index is 0.683. The van der Waals surface area contributed by atoms with Crippen LogP contribution in [0.15, 0.2) is 24.3 Å². The van der Waals surface area contributed by atoms with Crippen molar-refractivity contribution in [2.24, 2.45) is 5.73 Å². The lowest BCUT2D eigenvalue weighted by Gasteiger charge is -2.09. The van der Waals surface area contributed by atoms with E-state index in [1.807, 2.05) is 13.1 Å². The predicted molar refractivity (Wildman–Crippen MR) is 73.9 cm³/mol. The normalized spacial score (nSPS) is 12.2. The fraction of sp³-hybridized carbons (Fsp3) is 0.333. The molecule has 0 unspecified atom stereocenters. The summed E-state index contributed by atoms with van der Waals surface area (Å²) in [7, 11) is -2.16. The van der Waals surface area contributed by atoms with Gasteiger partial charge in [0.1, 0.15) is 0 Å². The van der Waals surface area contributed by atoms with Crippen molar-refractivity contribution in [2.75, 3.05) is 6.54 Å². The maximum atomic E-state index is 10.1. The van der Waals surface area contributed by atoms with E-state index in [2.05, 4.69) is 24.3 Å². The van der Waals surface area contributed by atoms with Crippen LogP contribution in [0.5, 0.6) is 0 Å². The first-order valence-electron chi connectivity index (χ1n) is 5.46. The Morgan fingerprint density at radius 3 is 2.69 bits per heavy atom. The third kappa shape index (κ3) is 2.35. The van der Waals surface area contributed by atoms with Gasteiger partial charge in [0.05, 0.1) is 0 Å². The number of hydrogen-bond donors (Lipinski definition) is 2. The first-order chi connectivity index (χ1) is 7.50. The van der Waals surface area contributed by atoms with Crippen LogP contribution in [0.25, 0.3) is 10.1 Å². The molecule has 0 atom stereocenters. The van der Waals surface area contributed by atoms with Crippen molar-refractivity contribution in [1.82, 2.24) is 0 Å². The molecule has 1 heterocycles. The number of rotatable bonds is 3. The standard InChI is InChI=1S/C12H17NOSSi/c1-16(2,14)12-8-10-7-9(5-6-13)3-4-11(10)15-12/h3-4,7-8,14H,5-6,13H2,1-2H3. The van der Waals surface area contributed by atoms with Crippen LogP contribution < -0.4 is 10.2 Å². The van der Waals surface area contributed by atoms with Gasteiger partial charge in [0.25, 0.3) is 0 Å². The van der Waals surface area contributed by atoms with E-state index in [-0.39, 0.29) is 0 Å². The molecule has 4 heteroatoms. The summed E-state index contributed by atoms with van der Waals surface area (Å²) in [6.45, 7) is 4.60. The van der Waals surface area contributed by atoms with E-state index in [1.54, 1.807) is 11.3 Å². The van der Waals surface area contributed by atoms with E-state index < -0.39 is 8.32 Å². The highest BCUT2D eigenvalue weighted by Gasteiger charge is 2.22. The van der Waals surface area contributed by atoms with Crippen molar-refractivity contribution >= 4 is 34.2 Å². The number of fused-ring (bicyclic) bond motifs is 1. The lowest BCUT2D eigenvalue weighted by atomic mass is 10.1. The largest absolute Gasteiger partial charge is 0.427 e. The van der Waals surface area contributed by atoms with E-state index in [4.69, 9.17) is 5.73 Å². The second-order valence-electron chi connectivity index (χ2n) is 4.58. The zero-order valence-corrected chi connectivity index (χ0v) is 11.5. The topological polar surface area (TPSA) is 46.2 Å². The van der Waals surface area contributed by atoms with Gasteiger partial charge < -0.3 is 10.5 Å². The number of hydrogen-bond acceptors (Lipinski definition) is 3. The number of nitrogens with two attached hydrogens (primary N) is 1. The Balaban J connectivity index is 2.46. The SMILES string of the molecule is C[Si](C)(O)c1cc2cc(CCN)ccc2s1. The molecule has 0 saturated heterocycles. The van der Waals surface area contributed by atoms with Crippen molar-refractivity contribution in [1.29, 1.82) is 0 Å². The van der Waals surface area contributed by atoms with Crippen LogP contribution in [0.2, 0.25) is 13.1 Å². The average Bonchev–Trinajstić information content (AvgIpc) is 2.60. The molecule has 2 nitrogen and oxygen atoms in total. The van der Waals surface area contributed by atoms with Gasteiger partial charge in [-0.3, -0.25) is 0 Å². The number of thiophene rings is 1. The molecular weight excluding hydrogens is 234 g/mol. The predicted octanol–water partition coefficient (Wildman–Crippen LogP) is 1.81. The third-order valence-electron chi connectivity index (χ3n) is 2.62. The lowest BCUT2D eigenvalue weighted by molar-refractivity contribution is 0.569. The Labute approximate surface area is 101 Å². The molecule has 0 bridgehead atoms. The third-order valence-corrected chi connectivity index (χ3v) is 6.70. The summed E-state index contributed by atoms with van der Waals surface area (Å²) in [5.74, 6) is 0. The molecule has 0 aliphatic heterocycles. The Morgan fingerprint density at radius 2 is 2.06 bits per heavy atom. The summed E-state index contributed by atoms with van der Waals surface area (Å²) >= 11 is 1.71. The minimum Gasteiger partial charge on any atom is -0.427 e. The van der Waals surface area contributed by atoms with Gasteiger partial charge in [-0.25, -0.2) is 0 Å². The van der Waals surface area contributed by atoms with E-state index in [0.29, 0.717) is 6.54 Å². The van der Waals surface area contributed by atoms with Crippen LogP contribution in [0.4, 0.5) is 0 Å². The molecule has 16 heavy (non-hydrogen) atoms. The molecule has 0 aliphatic carbocycles. The highest BCUT2D eigenvalue weighted by atomic mass is 32.1. The monoisotopic (exact) mass is 251 g/mol. The van der Waals surface area contributed by atoms with Gasteiger partial charge in [-0.15, -0.1) is 11.3 Å². The molecule has 0 fully saturated rings. The smallest absolute Gasteiger partial charge is 0.224 e. The zero-order chi connectivity index (χ0) is 11.8. The van der Waals surface area contributed by atoms with E-state index in [9.17, 15) is 4.80 Å². The maximum absolute atomic E-state index is 10.1. The summed E-state index contributed by atoms with van der Waals surface area (Å²) in [4.78, 5) is 10.1. The molecule has 3 N–H and O–H groups in total. The highest BCUT2D eigenvalue weighted by Crippen LogP contribution is 2.22. The number of benzene rings is 1. The summed E-state index contributed by atoms with van der Waals surface area (Å²) < 4.78 is 2.40. The molecule has 0 amide bonds. The second-order valence-corrected chi connectivity index (χ2v) is 9.68. The summed E-state index contributed by atoms with van der Waals surface area (Å²) in [6.07, 6.45) is 0.918. The highest BCUT2D eigenvalue weighted by molar-refractivity contribution is 7.30. The molecular formula is C12H17NOSSi. The second kappa shape index (κ2) is 4.29. The Morgan fingerprint density at radius 1 is 1.31 bits per heavy atom. The van der Waals surface area contributed by atoms with Crippen LogP contribution in [-0.4, -0.2) is 19.7 Å². The summed E-state index contributed by atoms with van der Waals surface area (Å²) in [5, 5.41) is 1.24. The van der Waals surface area contributed by atoms with Gasteiger partial charge >= 0.3 is 0 Å². The first-order valence-corrected chi connectivity index (χ1v) is 9.22. The zero-order valence-electron chi connectivity index (χ0n) is 9.66. The van der Waals surface area contributed by atoms with Crippen molar-refractivity contribution < 1.29 is 4.80 Å². The van der Waals surface area contributed by atoms with Crippen molar-refractivity contribution in [3.05, 3.63) is 29.8 Å². The molecule has 0 spiro atoms. The van der Waals surface area contributed by atoms with E-state index >= 15 is 0 Å². The van der Waals surface area contributed by atoms with Crippen molar-refractivity contribution in [2.45, 2.75) is 19.5 Å². The van der Waals surface area contributed by atoms with Gasteiger partial charge in [-0.05, 0) is 49.1 Å². The molecule has 2 rings (SSSR count). The first kappa shape index (κ1) is 11.8. The van der Waals surface area contributed by atoms with Crippen LogP contribution in [0.1, 0.15) is 5.56 Å². The molecule has 0 radical (unpaired) electrons. The molecule has 1 aromatic carbocycles. The van der Waals surface area contributed by atoms with Gasteiger partial charge in [-0.1, -0.05) is 12.1 Å². The van der Waals surface area contributed by atoms with Crippen molar-refractivity contribution in [3.8, 4) is 0 Å². The molecule has 1 aromatic heterocycles. The van der Waals surface area contributed by atoms with Crippen molar-refractivity contribution in [3.63, 3.8) is 0 Å². The molecule has 0 saturated carbocycles. The fourth-order valence-corrected chi connectivity index (χ4v) is 4.35. The van der Waals surface area contributed by atoms with Gasteiger partial charge in [-0.2, -0.15) is 0 Å². The van der Waals surface area contributed by atoms with Crippen LogP contribution in [0.3, 0.4) is 0 Å². The van der Waals surface area contributed by atoms with Gasteiger partial charge in [0, 0.05) is 9.20 Å². The Kier molecular flexibility index (Phi) is 3.16. The van der Waals surface area contributed by atoms with E-state index in [1.165, 1.54) is 15.6 Å². The van der Waals surface area contributed by atoms with E-state index in [0.717, 1.165) is 10.9 Å². The van der Waals surface area contributed by atoms with Crippen LogP contribution >= 0.6 is 11.3 Å². The summed E-state index contributed by atoms with van der Waals surface area (Å²) in [6, 6.07) is 8.57. The summed E-state index contributed by atoms with van der Waals surface area (Å²) in [5.41, 5.74) is 6.82. The minimum atomic E-state index is -2.16. The lowest BCUT2D eigenvalue weighted by Crippen LogP contribution is -2.38. The maximum Gasteiger partial charge on any atom is 0.224 e. The fourth-order valence-electron chi connectivity index (χ4n) is 1.72. The van der Waals surface area contributed by atoms with Crippen LogP contribution in [-0.2, 0) is 6.42 Å². The Hall–Kier alpha value is -0.683. The van der Waals surface area contributed by atoms with Crippen LogP contribution in [0, 0.1) is 0 Å². The quantitative estimate of drug-likeness (QED) is 0.817. The average molecular weight is 251 g/mol. The molecule has 0 aliphatic rings.